The van der Waals surface area contributed by atoms with Crippen LogP contribution in [0.1, 0.15) is 0 Å². The van der Waals surface area contributed by atoms with Gasteiger partial charge in [-0.15, -0.1) is 0 Å². The Kier molecular flexibility index (Phi) is 13.3. The Balaban J connectivity index is 3.40. The van der Waals surface area contributed by atoms with Crippen molar-refractivity contribution in [2.24, 2.45) is 0 Å². The van der Waals surface area contributed by atoms with Crippen LogP contribution >= 0.6 is 0 Å². The monoisotopic (exact) mass is 294 g/mol. The molecule has 0 bridgehead atoms. The van der Waals surface area contributed by atoms with E-state index in [1.807, 2.05) is 0 Å². The summed E-state index contributed by atoms with van der Waals surface area (Å²) in [5, 5.41) is 0. The van der Waals surface area contributed by atoms with Crippen molar-refractivity contribution >= 4 is 11.9 Å². The van der Waals surface area contributed by atoms with Crippen molar-refractivity contribution in [3.05, 3.63) is 0 Å². The Bertz CT molecular complexity index is 230. The molecule has 0 amide bonds. The lowest BCUT2D eigenvalue weighted by molar-refractivity contribution is -0.169. The van der Waals surface area contributed by atoms with Gasteiger partial charge in [0.05, 0.1) is 39.6 Å². The van der Waals surface area contributed by atoms with Crippen LogP contribution < -0.4 is 0 Å². The van der Waals surface area contributed by atoms with Crippen LogP contribution in [0.4, 0.5) is 0 Å². The zero-order valence-corrected chi connectivity index (χ0v) is 11.9. The predicted molar refractivity (Wildman–Crippen MR) is 67.3 cm³/mol. The van der Waals surface area contributed by atoms with E-state index in [0.29, 0.717) is 26.4 Å². The van der Waals surface area contributed by atoms with Gasteiger partial charge in [0.2, 0.25) is 0 Å². The van der Waals surface area contributed by atoms with Crippen LogP contribution in [0.5, 0.6) is 0 Å². The smallest absolute Gasteiger partial charge is 0.417 e. The van der Waals surface area contributed by atoms with Gasteiger partial charge in [-0.05, 0) is 0 Å². The number of rotatable bonds is 12. The summed E-state index contributed by atoms with van der Waals surface area (Å²) in [6.45, 7) is 2.09. The van der Waals surface area contributed by atoms with Gasteiger partial charge in [0, 0.05) is 14.2 Å². The number of ether oxygens (including phenoxy) is 6. The first-order chi connectivity index (χ1) is 9.72. The van der Waals surface area contributed by atoms with Gasteiger partial charge in [-0.2, -0.15) is 0 Å². The fourth-order valence-corrected chi connectivity index (χ4v) is 0.993. The molecule has 0 aliphatic heterocycles. The molecular formula is C12H22O8. The highest BCUT2D eigenvalue weighted by Crippen LogP contribution is 1.87. The second-order valence-electron chi connectivity index (χ2n) is 3.48. The van der Waals surface area contributed by atoms with E-state index in [2.05, 4.69) is 9.47 Å². The summed E-state index contributed by atoms with van der Waals surface area (Å²) in [5.74, 6) is -2.09. The van der Waals surface area contributed by atoms with Gasteiger partial charge in [0.25, 0.3) is 0 Å². The molecule has 0 aliphatic carbocycles. The molecule has 0 saturated carbocycles. The van der Waals surface area contributed by atoms with Crippen LogP contribution in [0.3, 0.4) is 0 Å². The minimum absolute atomic E-state index is 0.0119. The van der Waals surface area contributed by atoms with Crippen molar-refractivity contribution in [3.63, 3.8) is 0 Å². The maximum atomic E-state index is 11.2. The number of carbonyl (C=O) groups excluding carboxylic acids is 2. The van der Waals surface area contributed by atoms with E-state index in [9.17, 15) is 9.59 Å². The topological polar surface area (TPSA) is 89.5 Å². The van der Waals surface area contributed by atoms with E-state index < -0.39 is 11.9 Å². The second kappa shape index (κ2) is 14.2. The molecule has 0 aromatic heterocycles. The quantitative estimate of drug-likeness (QED) is 0.268. The van der Waals surface area contributed by atoms with E-state index >= 15 is 0 Å². The summed E-state index contributed by atoms with van der Waals surface area (Å²) in [5.41, 5.74) is 0. The highest BCUT2D eigenvalue weighted by Gasteiger charge is 2.16. The molecule has 0 N–H and O–H groups in total. The summed E-state index contributed by atoms with van der Waals surface area (Å²) >= 11 is 0. The Morgan fingerprint density at radius 2 is 0.950 bits per heavy atom. The van der Waals surface area contributed by atoms with Gasteiger partial charge >= 0.3 is 11.9 Å². The summed E-state index contributed by atoms with van der Waals surface area (Å²) in [4.78, 5) is 22.3. The lowest BCUT2D eigenvalue weighted by atomic mass is 10.6. The van der Waals surface area contributed by atoms with Crippen LogP contribution in [0, 0.1) is 0 Å². The van der Waals surface area contributed by atoms with E-state index in [1.54, 1.807) is 14.2 Å². The largest absolute Gasteiger partial charge is 0.455 e. The predicted octanol–water partition coefficient (Wildman–Crippen LogP) is -0.601. The molecule has 118 valence electrons. The average molecular weight is 294 g/mol. The van der Waals surface area contributed by atoms with E-state index in [0.717, 1.165) is 0 Å². The lowest BCUT2D eigenvalue weighted by Gasteiger charge is -2.06. The van der Waals surface area contributed by atoms with Crippen molar-refractivity contribution in [2.45, 2.75) is 0 Å². The molecule has 20 heavy (non-hydrogen) atoms. The van der Waals surface area contributed by atoms with E-state index in [-0.39, 0.29) is 26.4 Å². The third-order valence-corrected chi connectivity index (χ3v) is 1.95. The molecule has 0 aliphatic rings. The molecule has 0 heterocycles. The Morgan fingerprint density at radius 3 is 1.30 bits per heavy atom. The summed E-state index contributed by atoms with van der Waals surface area (Å²) in [6, 6.07) is 0. The van der Waals surface area contributed by atoms with Gasteiger partial charge in [-0.25, -0.2) is 9.59 Å². The molecule has 0 fully saturated rings. The SMILES string of the molecule is COCCOCCOC(=O)C(=O)OCCOCCOC. The van der Waals surface area contributed by atoms with Crippen molar-refractivity contribution in [2.75, 3.05) is 67.1 Å². The van der Waals surface area contributed by atoms with Crippen LogP contribution in [0.15, 0.2) is 0 Å². The molecule has 0 rings (SSSR count). The van der Waals surface area contributed by atoms with E-state index in [1.165, 1.54) is 0 Å². The molecule has 0 aromatic carbocycles. The molecule has 0 radical (unpaired) electrons. The van der Waals surface area contributed by atoms with Gasteiger partial charge in [0.15, 0.2) is 0 Å². The van der Waals surface area contributed by atoms with Crippen molar-refractivity contribution < 1.29 is 38.0 Å². The fraction of sp³-hybridized carbons (Fsp3) is 0.833. The van der Waals surface area contributed by atoms with E-state index in [4.69, 9.17) is 18.9 Å². The third kappa shape index (κ3) is 11.8. The normalized spacial score (nSPS) is 10.3. The average Bonchev–Trinajstić information content (AvgIpc) is 2.45. The first-order valence-electron chi connectivity index (χ1n) is 6.19. The molecule has 0 aromatic rings. The highest BCUT2D eigenvalue weighted by molar-refractivity contribution is 6.29. The Hall–Kier alpha value is -1.22. The van der Waals surface area contributed by atoms with Crippen LogP contribution in [-0.4, -0.2) is 79.0 Å². The minimum atomic E-state index is -1.04. The van der Waals surface area contributed by atoms with Crippen molar-refractivity contribution in [1.82, 2.24) is 0 Å². The number of hydrogen-bond acceptors (Lipinski definition) is 8. The van der Waals surface area contributed by atoms with Crippen LogP contribution in [0.2, 0.25) is 0 Å². The molecular weight excluding hydrogens is 272 g/mol. The molecule has 8 heteroatoms. The summed E-state index contributed by atoms with van der Waals surface area (Å²) in [7, 11) is 3.11. The van der Waals surface area contributed by atoms with Gasteiger partial charge in [-0.3, -0.25) is 0 Å². The standard InChI is InChI=1S/C12H22O8/c1-15-3-5-17-7-9-19-11(13)12(14)20-10-8-18-6-4-16-2/h3-10H2,1-2H3. The number of carbonyl (C=O) groups is 2. The summed E-state index contributed by atoms with van der Waals surface area (Å²) < 4.78 is 28.9. The molecule has 0 spiro atoms. The second-order valence-corrected chi connectivity index (χ2v) is 3.48. The molecule has 0 saturated heterocycles. The molecule has 0 unspecified atom stereocenters. The first kappa shape index (κ1) is 18.8. The fourth-order valence-electron chi connectivity index (χ4n) is 0.993. The van der Waals surface area contributed by atoms with Crippen LogP contribution in [0.25, 0.3) is 0 Å². The number of methoxy groups -OCH3 is 2. The lowest BCUT2D eigenvalue weighted by Crippen LogP contribution is -2.24. The van der Waals surface area contributed by atoms with Crippen molar-refractivity contribution in [1.29, 1.82) is 0 Å². The maximum absolute atomic E-state index is 11.2. The molecule has 8 nitrogen and oxygen atoms in total. The number of hydrogen-bond donors (Lipinski definition) is 0. The third-order valence-electron chi connectivity index (χ3n) is 1.95. The number of esters is 2. The Labute approximate surface area is 118 Å². The zero-order chi connectivity index (χ0) is 15.1. The van der Waals surface area contributed by atoms with Crippen LogP contribution in [-0.2, 0) is 38.0 Å². The van der Waals surface area contributed by atoms with Gasteiger partial charge in [0.1, 0.15) is 13.2 Å². The maximum Gasteiger partial charge on any atom is 0.417 e. The first-order valence-corrected chi connectivity index (χ1v) is 6.19. The van der Waals surface area contributed by atoms with Gasteiger partial charge in [-0.1, -0.05) is 0 Å². The minimum Gasteiger partial charge on any atom is -0.455 e. The Morgan fingerprint density at radius 1 is 0.600 bits per heavy atom. The van der Waals surface area contributed by atoms with Crippen molar-refractivity contribution in [3.8, 4) is 0 Å². The summed E-state index contributed by atoms with van der Waals surface area (Å²) in [6.07, 6.45) is 0. The highest BCUT2D eigenvalue weighted by atomic mass is 16.6. The zero-order valence-electron chi connectivity index (χ0n) is 11.9. The molecule has 0 atom stereocenters. The van der Waals surface area contributed by atoms with Gasteiger partial charge < -0.3 is 28.4 Å².